The van der Waals surface area contributed by atoms with Crippen LogP contribution in [0.4, 0.5) is 5.69 Å². The Bertz CT molecular complexity index is 1140. The van der Waals surface area contributed by atoms with Crippen LogP contribution in [0.2, 0.25) is 5.02 Å². The van der Waals surface area contributed by atoms with Gasteiger partial charge in [-0.25, -0.2) is 4.68 Å². The Labute approximate surface area is 180 Å². The Morgan fingerprint density at radius 3 is 2.57 bits per heavy atom. The zero-order chi connectivity index (χ0) is 20.8. The first-order chi connectivity index (χ1) is 14.5. The highest BCUT2D eigenvalue weighted by Crippen LogP contribution is 2.39. The molecule has 7 heteroatoms. The van der Waals surface area contributed by atoms with Crippen LogP contribution in [0, 0.1) is 13.8 Å². The lowest BCUT2D eigenvalue weighted by Gasteiger charge is -2.25. The van der Waals surface area contributed by atoms with Crippen molar-refractivity contribution in [3.05, 3.63) is 64.4 Å². The molecule has 2 aliphatic rings. The zero-order valence-corrected chi connectivity index (χ0v) is 17.6. The number of hydrogen-bond donors (Lipinski definition) is 0. The summed E-state index contributed by atoms with van der Waals surface area (Å²) in [7, 11) is 0. The highest BCUT2D eigenvalue weighted by Gasteiger charge is 2.35. The topological polar surface area (TPSA) is 56.6 Å². The molecule has 1 fully saturated rings. The second kappa shape index (κ2) is 7.36. The highest BCUT2D eigenvalue weighted by molar-refractivity contribution is 6.31. The van der Waals surface area contributed by atoms with Crippen LogP contribution in [0.5, 0.6) is 11.5 Å². The van der Waals surface area contributed by atoms with Crippen molar-refractivity contribution in [1.82, 2.24) is 9.78 Å². The molecule has 0 spiro atoms. The molecule has 0 radical (unpaired) electrons. The first kappa shape index (κ1) is 19.0. The van der Waals surface area contributed by atoms with Crippen molar-refractivity contribution in [2.24, 2.45) is 0 Å². The van der Waals surface area contributed by atoms with Gasteiger partial charge in [0, 0.05) is 23.4 Å². The number of fused-ring (bicyclic) bond motifs is 1. The molecule has 1 aromatic heterocycles. The predicted octanol–water partition coefficient (Wildman–Crippen LogP) is 4.72. The monoisotopic (exact) mass is 423 g/mol. The van der Waals surface area contributed by atoms with Gasteiger partial charge in [-0.15, -0.1) is 0 Å². The normalized spacial score (nSPS) is 15.2. The molecule has 1 aliphatic heterocycles. The van der Waals surface area contributed by atoms with E-state index in [2.05, 4.69) is 5.10 Å². The van der Waals surface area contributed by atoms with Gasteiger partial charge in [-0.05, 0) is 57.0 Å². The average Bonchev–Trinajstić information content (AvgIpc) is 3.57. The fourth-order valence-electron chi connectivity index (χ4n) is 3.79. The largest absolute Gasteiger partial charge is 0.486 e. The molecule has 0 unspecified atom stereocenters. The number of amides is 1. The molecule has 1 aliphatic carbocycles. The maximum Gasteiger partial charge on any atom is 0.258 e. The number of carbonyl (C=O) groups excluding carboxylic acids is 1. The molecule has 0 saturated heterocycles. The zero-order valence-electron chi connectivity index (χ0n) is 16.9. The summed E-state index contributed by atoms with van der Waals surface area (Å²) in [4.78, 5) is 15.4. The van der Waals surface area contributed by atoms with Gasteiger partial charge in [-0.1, -0.05) is 17.7 Å². The van der Waals surface area contributed by atoms with Crippen LogP contribution in [0.25, 0.3) is 5.69 Å². The molecule has 5 rings (SSSR count). The van der Waals surface area contributed by atoms with E-state index in [1.165, 1.54) is 0 Å². The van der Waals surface area contributed by atoms with E-state index in [0.29, 0.717) is 29.5 Å². The van der Waals surface area contributed by atoms with Crippen LogP contribution in [0.1, 0.15) is 34.6 Å². The third-order valence-corrected chi connectivity index (χ3v) is 6.02. The average molecular weight is 424 g/mol. The van der Waals surface area contributed by atoms with Gasteiger partial charge in [0.25, 0.3) is 5.91 Å². The molecule has 1 saturated carbocycles. The molecule has 2 aromatic carbocycles. The van der Waals surface area contributed by atoms with Gasteiger partial charge < -0.3 is 14.4 Å². The summed E-state index contributed by atoms with van der Waals surface area (Å²) in [5.74, 6) is 1.36. The first-order valence-electron chi connectivity index (χ1n) is 10.1. The van der Waals surface area contributed by atoms with E-state index in [9.17, 15) is 4.79 Å². The second-order valence-electron chi connectivity index (χ2n) is 7.68. The maximum absolute atomic E-state index is 13.5. The molecule has 2 heterocycles. The molecule has 1 amide bonds. The van der Waals surface area contributed by atoms with E-state index in [-0.39, 0.29) is 11.9 Å². The number of ether oxygens (including phenoxy) is 2. The van der Waals surface area contributed by atoms with Gasteiger partial charge in [-0.3, -0.25) is 4.79 Å². The molecular formula is C23H22ClN3O3. The Balaban J connectivity index is 1.50. The fraction of sp³-hybridized carbons (Fsp3) is 0.304. The van der Waals surface area contributed by atoms with Gasteiger partial charge in [0.15, 0.2) is 11.5 Å². The maximum atomic E-state index is 13.5. The number of aromatic nitrogens is 2. The minimum Gasteiger partial charge on any atom is -0.486 e. The van der Waals surface area contributed by atoms with Crippen LogP contribution < -0.4 is 14.4 Å². The summed E-state index contributed by atoms with van der Waals surface area (Å²) in [5, 5.41) is 5.15. The smallest absolute Gasteiger partial charge is 0.258 e. The standard InChI is InChI=1S/C23H22ClN3O3/c1-14-22(24)15(2)27(25-14)19-5-3-4-16(12-19)23(28)26(17-6-7-17)18-8-9-20-21(13-18)30-11-10-29-20/h3-5,8-9,12-13,17H,6-7,10-11H2,1-2H3. The predicted molar refractivity (Wildman–Crippen MR) is 115 cm³/mol. The SMILES string of the molecule is Cc1nn(-c2cccc(C(=O)N(c3ccc4c(c3)OCCO4)C3CC3)c2)c(C)c1Cl. The van der Waals surface area contributed by atoms with Gasteiger partial charge in [0.05, 0.1) is 22.1 Å². The van der Waals surface area contributed by atoms with Crippen molar-refractivity contribution >= 4 is 23.2 Å². The van der Waals surface area contributed by atoms with E-state index in [1.54, 1.807) is 4.68 Å². The third kappa shape index (κ3) is 3.31. The Kier molecular flexibility index (Phi) is 4.66. The second-order valence-corrected chi connectivity index (χ2v) is 8.06. The number of rotatable bonds is 4. The van der Waals surface area contributed by atoms with Crippen molar-refractivity contribution in [3.63, 3.8) is 0 Å². The van der Waals surface area contributed by atoms with E-state index in [4.69, 9.17) is 21.1 Å². The molecule has 0 atom stereocenters. The van der Waals surface area contributed by atoms with E-state index in [1.807, 2.05) is 61.2 Å². The first-order valence-corrected chi connectivity index (χ1v) is 10.5. The quantitative estimate of drug-likeness (QED) is 0.609. The summed E-state index contributed by atoms with van der Waals surface area (Å²) in [6.45, 7) is 4.85. The minimum absolute atomic E-state index is 0.0383. The van der Waals surface area contributed by atoms with Crippen molar-refractivity contribution in [1.29, 1.82) is 0 Å². The highest BCUT2D eigenvalue weighted by atomic mass is 35.5. The van der Waals surface area contributed by atoms with Crippen LogP contribution in [0.15, 0.2) is 42.5 Å². The van der Waals surface area contributed by atoms with Crippen molar-refractivity contribution in [3.8, 4) is 17.2 Å². The molecule has 30 heavy (non-hydrogen) atoms. The van der Waals surface area contributed by atoms with Crippen LogP contribution in [-0.2, 0) is 0 Å². The molecule has 0 N–H and O–H groups in total. The number of carbonyl (C=O) groups is 1. The van der Waals surface area contributed by atoms with Gasteiger partial charge in [0.1, 0.15) is 13.2 Å². The van der Waals surface area contributed by atoms with E-state index >= 15 is 0 Å². The van der Waals surface area contributed by atoms with Crippen LogP contribution in [0.3, 0.4) is 0 Å². The molecular weight excluding hydrogens is 402 g/mol. The Morgan fingerprint density at radius 2 is 1.87 bits per heavy atom. The molecule has 0 bridgehead atoms. The number of hydrogen-bond acceptors (Lipinski definition) is 4. The number of aryl methyl sites for hydroxylation is 1. The Morgan fingerprint density at radius 1 is 1.10 bits per heavy atom. The molecule has 154 valence electrons. The van der Waals surface area contributed by atoms with Gasteiger partial charge in [0.2, 0.25) is 0 Å². The number of nitrogens with zero attached hydrogens (tertiary/aromatic N) is 3. The lowest BCUT2D eigenvalue weighted by molar-refractivity contribution is 0.0985. The Hall–Kier alpha value is -2.99. The third-order valence-electron chi connectivity index (χ3n) is 5.48. The van der Waals surface area contributed by atoms with Crippen LogP contribution >= 0.6 is 11.6 Å². The van der Waals surface area contributed by atoms with E-state index < -0.39 is 0 Å². The van der Waals surface area contributed by atoms with Crippen molar-refractivity contribution < 1.29 is 14.3 Å². The summed E-state index contributed by atoms with van der Waals surface area (Å²) in [5.41, 5.74) is 3.86. The van der Waals surface area contributed by atoms with E-state index in [0.717, 1.165) is 41.4 Å². The lowest BCUT2D eigenvalue weighted by atomic mass is 10.1. The van der Waals surface area contributed by atoms with Gasteiger partial charge in [-0.2, -0.15) is 5.10 Å². The summed E-state index contributed by atoms with van der Waals surface area (Å²) >= 11 is 6.31. The number of anilines is 1. The summed E-state index contributed by atoms with van der Waals surface area (Å²) in [6.07, 6.45) is 1.99. The van der Waals surface area contributed by atoms with Crippen molar-refractivity contribution in [2.45, 2.75) is 32.7 Å². The molecule has 3 aromatic rings. The summed E-state index contributed by atoms with van der Waals surface area (Å²) in [6, 6.07) is 13.4. The summed E-state index contributed by atoms with van der Waals surface area (Å²) < 4.78 is 13.1. The lowest BCUT2D eigenvalue weighted by Crippen LogP contribution is -2.33. The molecule has 6 nitrogen and oxygen atoms in total. The van der Waals surface area contributed by atoms with Crippen LogP contribution in [-0.4, -0.2) is 34.9 Å². The van der Waals surface area contributed by atoms with Gasteiger partial charge >= 0.3 is 0 Å². The number of benzene rings is 2. The fourth-order valence-corrected chi connectivity index (χ4v) is 3.91. The number of halogens is 1. The van der Waals surface area contributed by atoms with Crippen molar-refractivity contribution in [2.75, 3.05) is 18.1 Å². The minimum atomic E-state index is -0.0383.